The van der Waals surface area contributed by atoms with Crippen molar-refractivity contribution in [3.8, 4) is 0 Å². The minimum Gasteiger partial charge on any atom is -0.366 e. The molecular formula is C12H20N2S. The zero-order chi connectivity index (χ0) is 10.4. The minimum absolute atomic E-state index is 0.675. The minimum atomic E-state index is 0.675. The molecule has 0 aromatic heterocycles. The van der Waals surface area contributed by atoms with Crippen LogP contribution in [-0.4, -0.2) is 18.2 Å². The molecule has 0 spiro atoms. The first-order valence-corrected chi connectivity index (χ1v) is 6.68. The maximum Gasteiger partial charge on any atom is 0.166 e. The van der Waals surface area contributed by atoms with E-state index < -0.39 is 0 Å². The Morgan fingerprint density at radius 1 is 1.13 bits per heavy atom. The van der Waals surface area contributed by atoms with Crippen LogP contribution in [0.2, 0.25) is 0 Å². The lowest BCUT2D eigenvalue weighted by Crippen LogP contribution is -2.45. The van der Waals surface area contributed by atoms with Gasteiger partial charge < -0.3 is 10.6 Å². The largest absolute Gasteiger partial charge is 0.366 e. The molecule has 3 saturated carbocycles. The van der Waals surface area contributed by atoms with Crippen LogP contribution in [0.15, 0.2) is 0 Å². The van der Waals surface area contributed by atoms with Gasteiger partial charge in [-0.2, -0.15) is 0 Å². The van der Waals surface area contributed by atoms with Gasteiger partial charge >= 0.3 is 0 Å². The third-order valence-electron chi connectivity index (χ3n) is 4.97. The molecule has 15 heavy (non-hydrogen) atoms. The quantitative estimate of drug-likeness (QED) is 0.665. The van der Waals surface area contributed by atoms with E-state index in [0.717, 1.165) is 28.8 Å². The average Bonchev–Trinajstić information content (AvgIpc) is 2.87. The molecule has 2 bridgehead atoms. The maximum absolute atomic E-state index is 5.21. The summed E-state index contributed by atoms with van der Waals surface area (Å²) in [5, 5.41) is 7.36. The normalized spacial score (nSPS) is 46.6. The lowest BCUT2D eigenvalue weighted by Gasteiger charge is -2.32. The van der Waals surface area contributed by atoms with Crippen molar-refractivity contribution >= 4 is 17.3 Å². The van der Waals surface area contributed by atoms with E-state index in [1.807, 2.05) is 7.05 Å². The van der Waals surface area contributed by atoms with Gasteiger partial charge in [0.25, 0.3) is 0 Å². The molecule has 2 N–H and O–H groups in total. The van der Waals surface area contributed by atoms with Gasteiger partial charge in [-0.3, -0.25) is 0 Å². The van der Waals surface area contributed by atoms with Crippen LogP contribution in [0, 0.1) is 23.7 Å². The molecule has 3 heteroatoms. The standard InChI is InChI=1S/C12H20N2S/c1-13-12(15)14-11-6-7-5-10(11)9-4-2-3-8(7)9/h7-11H,2-6H2,1H3,(H2,13,14,15)/t7-,8?,9?,10-,11-/m1/s1. The topological polar surface area (TPSA) is 24.1 Å². The SMILES string of the molecule is CNC(=S)N[C@@H]1C[C@H]2C[C@@H]1C1CCCC12. The van der Waals surface area contributed by atoms with Gasteiger partial charge in [0, 0.05) is 13.1 Å². The summed E-state index contributed by atoms with van der Waals surface area (Å²) in [6.07, 6.45) is 7.31. The van der Waals surface area contributed by atoms with E-state index in [1.54, 1.807) is 0 Å². The smallest absolute Gasteiger partial charge is 0.166 e. The Labute approximate surface area is 97.2 Å². The van der Waals surface area contributed by atoms with Crippen LogP contribution in [0.4, 0.5) is 0 Å². The zero-order valence-corrected chi connectivity index (χ0v) is 10.1. The van der Waals surface area contributed by atoms with Crippen LogP contribution in [0.3, 0.4) is 0 Å². The summed E-state index contributed by atoms with van der Waals surface area (Å²) in [5.41, 5.74) is 0. The third-order valence-corrected chi connectivity index (χ3v) is 5.29. The molecule has 0 saturated heterocycles. The molecule has 5 atom stereocenters. The van der Waals surface area contributed by atoms with Crippen molar-refractivity contribution in [2.45, 2.75) is 38.1 Å². The van der Waals surface area contributed by atoms with Crippen molar-refractivity contribution in [1.29, 1.82) is 0 Å². The Bertz CT molecular complexity index is 279. The second-order valence-corrected chi connectivity index (χ2v) is 5.89. The van der Waals surface area contributed by atoms with E-state index in [-0.39, 0.29) is 0 Å². The first kappa shape index (κ1) is 9.88. The van der Waals surface area contributed by atoms with Crippen molar-refractivity contribution in [1.82, 2.24) is 10.6 Å². The van der Waals surface area contributed by atoms with Gasteiger partial charge in [-0.25, -0.2) is 0 Å². The van der Waals surface area contributed by atoms with Crippen molar-refractivity contribution in [2.75, 3.05) is 7.05 Å². The number of hydrogen-bond donors (Lipinski definition) is 2. The lowest BCUT2D eigenvalue weighted by atomic mass is 9.79. The zero-order valence-electron chi connectivity index (χ0n) is 9.33. The summed E-state index contributed by atoms with van der Waals surface area (Å²) < 4.78 is 0. The van der Waals surface area contributed by atoms with Crippen LogP contribution in [-0.2, 0) is 0 Å². The molecule has 2 unspecified atom stereocenters. The Hall–Kier alpha value is -0.310. The Morgan fingerprint density at radius 3 is 2.73 bits per heavy atom. The van der Waals surface area contributed by atoms with E-state index >= 15 is 0 Å². The van der Waals surface area contributed by atoms with Crippen molar-refractivity contribution in [2.24, 2.45) is 23.7 Å². The van der Waals surface area contributed by atoms with E-state index in [1.165, 1.54) is 32.1 Å². The molecule has 0 aromatic carbocycles. The van der Waals surface area contributed by atoms with Crippen LogP contribution in [0.5, 0.6) is 0 Å². The fourth-order valence-electron chi connectivity index (χ4n) is 4.47. The van der Waals surface area contributed by atoms with Crippen LogP contribution < -0.4 is 10.6 Å². The molecule has 3 fully saturated rings. The van der Waals surface area contributed by atoms with Gasteiger partial charge in [0.1, 0.15) is 0 Å². The Morgan fingerprint density at radius 2 is 1.93 bits per heavy atom. The van der Waals surface area contributed by atoms with Crippen LogP contribution in [0.1, 0.15) is 32.1 Å². The monoisotopic (exact) mass is 224 g/mol. The van der Waals surface area contributed by atoms with Crippen molar-refractivity contribution in [3.63, 3.8) is 0 Å². The predicted molar refractivity (Wildman–Crippen MR) is 65.6 cm³/mol. The summed E-state index contributed by atoms with van der Waals surface area (Å²) in [7, 11) is 1.90. The van der Waals surface area contributed by atoms with E-state index in [4.69, 9.17) is 12.2 Å². The second kappa shape index (κ2) is 3.62. The molecular weight excluding hydrogens is 204 g/mol. The molecule has 0 heterocycles. The summed E-state index contributed by atoms with van der Waals surface area (Å²) in [4.78, 5) is 0. The highest BCUT2D eigenvalue weighted by molar-refractivity contribution is 7.80. The van der Waals surface area contributed by atoms with Gasteiger partial charge in [0.05, 0.1) is 0 Å². The van der Waals surface area contributed by atoms with Gasteiger partial charge in [-0.05, 0) is 61.6 Å². The first-order chi connectivity index (χ1) is 7.29. The van der Waals surface area contributed by atoms with E-state index in [9.17, 15) is 0 Å². The highest BCUT2D eigenvalue weighted by atomic mass is 32.1. The highest BCUT2D eigenvalue weighted by Gasteiger charge is 2.53. The first-order valence-electron chi connectivity index (χ1n) is 6.28. The Balaban J connectivity index is 1.68. The second-order valence-electron chi connectivity index (χ2n) is 5.48. The lowest BCUT2D eigenvalue weighted by molar-refractivity contribution is 0.222. The van der Waals surface area contributed by atoms with Gasteiger partial charge in [0.2, 0.25) is 0 Å². The van der Waals surface area contributed by atoms with Gasteiger partial charge in [-0.1, -0.05) is 6.42 Å². The molecule has 0 aromatic rings. The molecule has 3 rings (SSSR count). The predicted octanol–water partition coefficient (Wildman–Crippen LogP) is 1.90. The van der Waals surface area contributed by atoms with E-state index in [2.05, 4.69) is 10.6 Å². The van der Waals surface area contributed by atoms with Crippen LogP contribution >= 0.6 is 12.2 Å². The van der Waals surface area contributed by atoms with Crippen LogP contribution in [0.25, 0.3) is 0 Å². The van der Waals surface area contributed by atoms with Crippen molar-refractivity contribution in [3.05, 3.63) is 0 Å². The summed E-state index contributed by atoms with van der Waals surface area (Å²) in [5.74, 6) is 4.05. The molecule has 0 amide bonds. The summed E-state index contributed by atoms with van der Waals surface area (Å²) in [6.45, 7) is 0. The molecule has 0 radical (unpaired) electrons. The van der Waals surface area contributed by atoms with Crippen molar-refractivity contribution < 1.29 is 0 Å². The number of hydrogen-bond acceptors (Lipinski definition) is 1. The number of rotatable bonds is 1. The highest BCUT2D eigenvalue weighted by Crippen LogP contribution is 2.58. The van der Waals surface area contributed by atoms with Gasteiger partial charge in [-0.15, -0.1) is 0 Å². The van der Waals surface area contributed by atoms with Gasteiger partial charge in [0.15, 0.2) is 5.11 Å². The molecule has 84 valence electrons. The maximum atomic E-state index is 5.21. The average molecular weight is 224 g/mol. The summed E-state index contributed by atoms with van der Waals surface area (Å²) in [6, 6.07) is 0.675. The number of nitrogens with one attached hydrogen (secondary N) is 2. The fraction of sp³-hybridized carbons (Fsp3) is 0.917. The number of fused-ring (bicyclic) bond motifs is 5. The third kappa shape index (κ3) is 1.47. The number of thiocarbonyl (C=S) groups is 1. The molecule has 3 aliphatic carbocycles. The summed E-state index contributed by atoms with van der Waals surface area (Å²) >= 11 is 5.21. The Kier molecular flexibility index (Phi) is 2.38. The fourth-order valence-corrected chi connectivity index (χ4v) is 4.63. The molecule has 0 aliphatic heterocycles. The molecule has 3 aliphatic rings. The van der Waals surface area contributed by atoms with E-state index in [0.29, 0.717) is 6.04 Å². The molecule has 2 nitrogen and oxygen atoms in total.